The molecule has 4 rings (SSSR count). The van der Waals surface area contributed by atoms with Crippen LogP contribution in [0.2, 0.25) is 0 Å². The van der Waals surface area contributed by atoms with Gasteiger partial charge in [-0.15, -0.1) is 0 Å². The van der Waals surface area contributed by atoms with Crippen molar-refractivity contribution in [2.24, 2.45) is 0 Å². The van der Waals surface area contributed by atoms with Gasteiger partial charge < -0.3 is 9.32 Å². The van der Waals surface area contributed by atoms with Crippen molar-refractivity contribution in [1.29, 1.82) is 0 Å². The second-order valence-corrected chi connectivity index (χ2v) is 5.24. The third-order valence-corrected chi connectivity index (χ3v) is 3.84. The lowest BCUT2D eigenvalue weighted by molar-refractivity contribution is 0.411. The summed E-state index contributed by atoms with van der Waals surface area (Å²) in [5, 5.41) is 0. The summed E-state index contributed by atoms with van der Waals surface area (Å²) >= 11 is 0. The van der Waals surface area contributed by atoms with Gasteiger partial charge in [0.25, 0.3) is 0 Å². The van der Waals surface area contributed by atoms with Crippen molar-refractivity contribution in [2.45, 2.75) is 18.8 Å². The maximum Gasteiger partial charge on any atom is 0.228 e. The van der Waals surface area contributed by atoms with Gasteiger partial charge in [-0.2, -0.15) is 0 Å². The maximum atomic E-state index is 5.90. The minimum Gasteiger partial charge on any atom is -0.440 e. The van der Waals surface area contributed by atoms with E-state index in [2.05, 4.69) is 24.8 Å². The van der Waals surface area contributed by atoms with Crippen molar-refractivity contribution in [3.05, 3.63) is 42.8 Å². The maximum absolute atomic E-state index is 5.90. The molecule has 0 N–H and O–H groups in total. The van der Waals surface area contributed by atoms with Crippen LogP contribution in [-0.4, -0.2) is 33.0 Å². The van der Waals surface area contributed by atoms with Crippen LogP contribution in [0.3, 0.4) is 0 Å². The highest BCUT2D eigenvalue weighted by atomic mass is 16.3. The molecule has 0 bridgehead atoms. The van der Waals surface area contributed by atoms with E-state index in [1.165, 1.54) is 12.7 Å². The molecule has 0 amide bonds. The molecule has 6 nitrogen and oxygen atoms in total. The number of oxazole rings is 1. The van der Waals surface area contributed by atoms with E-state index in [0.29, 0.717) is 0 Å². The predicted octanol–water partition coefficient (Wildman–Crippen LogP) is 2.40. The Morgan fingerprint density at radius 3 is 2.86 bits per heavy atom. The average molecular weight is 281 g/mol. The van der Waals surface area contributed by atoms with Gasteiger partial charge >= 0.3 is 0 Å². The molecular weight excluding hydrogens is 266 g/mol. The SMILES string of the molecule is c1ccc2oc(C3CCCN(c4ncncn4)C3)nc2c1. The first-order valence-corrected chi connectivity index (χ1v) is 7.12. The fourth-order valence-corrected chi connectivity index (χ4v) is 2.82. The first-order chi connectivity index (χ1) is 10.4. The van der Waals surface area contributed by atoms with Gasteiger partial charge in [-0.3, -0.25) is 0 Å². The topological polar surface area (TPSA) is 67.9 Å². The third-order valence-electron chi connectivity index (χ3n) is 3.84. The number of hydrogen-bond acceptors (Lipinski definition) is 6. The summed E-state index contributed by atoms with van der Waals surface area (Å²) < 4.78 is 5.90. The highest BCUT2D eigenvalue weighted by molar-refractivity contribution is 5.72. The minimum absolute atomic E-state index is 0.280. The molecule has 1 aliphatic rings. The Bertz CT molecular complexity index is 709. The van der Waals surface area contributed by atoms with Crippen molar-refractivity contribution < 1.29 is 4.42 Å². The molecule has 0 saturated carbocycles. The fraction of sp³-hybridized carbons (Fsp3) is 0.333. The Morgan fingerprint density at radius 2 is 2.00 bits per heavy atom. The molecule has 21 heavy (non-hydrogen) atoms. The van der Waals surface area contributed by atoms with Crippen LogP contribution in [0.25, 0.3) is 11.1 Å². The second-order valence-electron chi connectivity index (χ2n) is 5.24. The van der Waals surface area contributed by atoms with E-state index in [1.807, 2.05) is 24.3 Å². The smallest absolute Gasteiger partial charge is 0.228 e. The molecular formula is C15H15N5O. The Morgan fingerprint density at radius 1 is 1.14 bits per heavy atom. The summed E-state index contributed by atoms with van der Waals surface area (Å²) in [6.45, 7) is 1.79. The molecule has 106 valence electrons. The number of fused-ring (bicyclic) bond motifs is 1. The van der Waals surface area contributed by atoms with Crippen LogP contribution >= 0.6 is 0 Å². The minimum atomic E-state index is 0.280. The van der Waals surface area contributed by atoms with Gasteiger partial charge in [0.15, 0.2) is 11.5 Å². The molecule has 1 saturated heterocycles. The van der Waals surface area contributed by atoms with E-state index in [0.717, 1.165) is 48.9 Å². The third kappa shape index (κ3) is 2.33. The van der Waals surface area contributed by atoms with E-state index in [4.69, 9.17) is 4.42 Å². The molecule has 0 spiro atoms. The lowest BCUT2D eigenvalue weighted by Gasteiger charge is -2.30. The first kappa shape index (κ1) is 12.3. The summed E-state index contributed by atoms with van der Waals surface area (Å²) in [7, 11) is 0. The summed E-state index contributed by atoms with van der Waals surface area (Å²) in [5.41, 5.74) is 1.77. The molecule has 1 aliphatic heterocycles. The van der Waals surface area contributed by atoms with E-state index in [-0.39, 0.29) is 5.92 Å². The van der Waals surface area contributed by atoms with Crippen LogP contribution in [0.4, 0.5) is 5.95 Å². The number of aromatic nitrogens is 4. The van der Waals surface area contributed by atoms with Crippen LogP contribution in [-0.2, 0) is 0 Å². The summed E-state index contributed by atoms with van der Waals surface area (Å²) in [6, 6.07) is 7.88. The highest BCUT2D eigenvalue weighted by Gasteiger charge is 2.26. The van der Waals surface area contributed by atoms with E-state index < -0.39 is 0 Å². The predicted molar refractivity (Wildman–Crippen MR) is 78.0 cm³/mol. The zero-order chi connectivity index (χ0) is 14.1. The van der Waals surface area contributed by atoms with E-state index in [9.17, 15) is 0 Å². The lowest BCUT2D eigenvalue weighted by Crippen LogP contribution is -2.35. The average Bonchev–Trinajstić information content (AvgIpc) is 3.00. The molecule has 1 unspecified atom stereocenters. The Kier molecular flexibility index (Phi) is 2.99. The summed E-state index contributed by atoms with van der Waals surface area (Å²) in [6.07, 6.45) is 5.22. The van der Waals surface area contributed by atoms with Crippen LogP contribution < -0.4 is 4.90 Å². The number of hydrogen-bond donors (Lipinski definition) is 0. The van der Waals surface area contributed by atoms with Crippen LogP contribution in [0, 0.1) is 0 Å². The van der Waals surface area contributed by atoms with Crippen molar-refractivity contribution in [3.63, 3.8) is 0 Å². The largest absolute Gasteiger partial charge is 0.440 e. The Labute approximate surface area is 121 Å². The van der Waals surface area contributed by atoms with E-state index >= 15 is 0 Å². The van der Waals surface area contributed by atoms with Gasteiger partial charge in [-0.05, 0) is 25.0 Å². The van der Waals surface area contributed by atoms with Gasteiger partial charge in [0, 0.05) is 13.1 Å². The monoisotopic (exact) mass is 281 g/mol. The van der Waals surface area contributed by atoms with Crippen molar-refractivity contribution in [2.75, 3.05) is 18.0 Å². The number of anilines is 1. The zero-order valence-electron chi connectivity index (χ0n) is 11.5. The van der Waals surface area contributed by atoms with Crippen LogP contribution in [0.1, 0.15) is 24.7 Å². The normalized spacial score (nSPS) is 19.0. The Hall–Kier alpha value is -2.50. The molecule has 2 aromatic heterocycles. The van der Waals surface area contributed by atoms with Crippen LogP contribution in [0.5, 0.6) is 0 Å². The second kappa shape index (κ2) is 5.12. The Balaban J connectivity index is 1.60. The van der Waals surface area contributed by atoms with Crippen molar-refractivity contribution in [1.82, 2.24) is 19.9 Å². The number of para-hydroxylation sites is 2. The lowest BCUT2D eigenvalue weighted by atomic mass is 9.98. The van der Waals surface area contributed by atoms with Crippen LogP contribution in [0.15, 0.2) is 41.3 Å². The van der Waals surface area contributed by atoms with Crippen molar-refractivity contribution in [3.8, 4) is 0 Å². The van der Waals surface area contributed by atoms with Gasteiger partial charge in [0.05, 0.1) is 5.92 Å². The fourth-order valence-electron chi connectivity index (χ4n) is 2.82. The molecule has 1 aromatic carbocycles. The number of piperidine rings is 1. The van der Waals surface area contributed by atoms with Crippen molar-refractivity contribution >= 4 is 17.0 Å². The number of nitrogens with zero attached hydrogens (tertiary/aromatic N) is 5. The highest BCUT2D eigenvalue weighted by Crippen LogP contribution is 2.29. The summed E-state index contributed by atoms with van der Waals surface area (Å²) in [4.78, 5) is 19.1. The van der Waals surface area contributed by atoms with Gasteiger partial charge in [-0.1, -0.05) is 12.1 Å². The standard InChI is InChI=1S/C15H15N5O/c1-2-6-13-12(5-1)19-14(21-13)11-4-3-7-20(8-11)15-17-9-16-10-18-15/h1-2,5-6,9-11H,3-4,7-8H2. The number of benzene rings is 1. The van der Waals surface area contributed by atoms with Gasteiger partial charge in [0.2, 0.25) is 5.95 Å². The number of rotatable bonds is 2. The molecule has 0 radical (unpaired) electrons. The molecule has 3 aromatic rings. The molecule has 3 heterocycles. The molecule has 0 aliphatic carbocycles. The van der Waals surface area contributed by atoms with Gasteiger partial charge in [-0.25, -0.2) is 19.9 Å². The van der Waals surface area contributed by atoms with E-state index in [1.54, 1.807) is 0 Å². The molecule has 1 fully saturated rings. The van der Waals surface area contributed by atoms with Gasteiger partial charge in [0.1, 0.15) is 18.2 Å². The quantitative estimate of drug-likeness (QED) is 0.718. The first-order valence-electron chi connectivity index (χ1n) is 7.12. The molecule has 6 heteroatoms. The molecule has 1 atom stereocenters. The summed E-state index contributed by atoms with van der Waals surface area (Å²) in [5.74, 6) is 1.82. The zero-order valence-corrected chi connectivity index (χ0v) is 11.5.